The van der Waals surface area contributed by atoms with Gasteiger partial charge in [-0.05, 0) is 49.6 Å². The summed E-state index contributed by atoms with van der Waals surface area (Å²) in [6.07, 6.45) is 3.79. The third kappa shape index (κ3) is 5.36. The van der Waals surface area contributed by atoms with Gasteiger partial charge in [-0.2, -0.15) is 0 Å². The number of aromatic amines is 1. The Hall–Kier alpha value is -3.48. The van der Waals surface area contributed by atoms with Gasteiger partial charge in [-0.15, -0.1) is 0 Å². The number of carbonyl (C=O) groups excluding carboxylic acids is 1. The standard InChI is InChI=1S/C24H28N4O3/c1-4-13-31-21-11-10-16(23(29)26-15-17-9-7-8-12-25-17)14-19(21)22-27-20(6-3)18(5-2)24(30)28-22/h7-12,14H,4-6,13,15H2,1-3H3,(H,26,29)(H,27,28,30). The second-order valence-corrected chi connectivity index (χ2v) is 7.11. The Balaban J connectivity index is 1.96. The normalized spacial score (nSPS) is 10.7. The maximum atomic E-state index is 12.7. The lowest BCUT2D eigenvalue weighted by molar-refractivity contribution is 0.0950. The number of ether oxygens (including phenoxy) is 1. The number of H-pyrrole nitrogens is 1. The number of benzene rings is 1. The SMILES string of the molecule is CCCOc1ccc(C(=O)NCc2ccccn2)cc1-c1nc(CC)c(CC)c(=O)[nH]1. The van der Waals surface area contributed by atoms with Crippen LogP contribution in [0.3, 0.4) is 0 Å². The largest absolute Gasteiger partial charge is 0.493 e. The highest BCUT2D eigenvalue weighted by molar-refractivity contribution is 5.95. The lowest BCUT2D eigenvalue weighted by Gasteiger charge is -2.14. The van der Waals surface area contributed by atoms with E-state index in [0.717, 1.165) is 17.8 Å². The Morgan fingerprint density at radius 2 is 1.97 bits per heavy atom. The molecule has 2 heterocycles. The van der Waals surface area contributed by atoms with E-state index in [1.807, 2.05) is 39.0 Å². The first kappa shape index (κ1) is 22.2. The van der Waals surface area contributed by atoms with Gasteiger partial charge in [0.15, 0.2) is 0 Å². The quantitative estimate of drug-likeness (QED) is 0.550. The molecule has 0 aliphatic rings. The monoisotopic (exact) mass is 420 g/mol. The molecule has 7 heteroatoms. The van der Waals surface area contributed by atoms with E-state index in [9.17, 15) is 9.59 Å². The van der Waals surface area contributed by atoms with Crippen LogP contribution in [0.4, 0.5) is 0 Å². The molecule has 0 atom stereocenters. The van der Waals surface area contributed by atoms with Gasteiger partial charge in [-0.1, -0.05) is 26.8 Å². The summed E-state index contributed by atoms with van der Waals surface area (Å²) in [6, 6.07) is 10.7. The third-order valence-electron chi connectivity index (χ3n) is 4.90. The highest BCUT2D eigenvalue weighted by Gasteiger charge is 2.16. The van der Waals surface area contributed by atoms with Crippen LogP contribution in [0, 0.1) is 0 Å². The van der Waals surface area contributed by atoms with E-state index in [0.29, 0.717) is 54.3 Å². The number of rotatable bonds is 9. The number of aromatic nitrogens is 3. The number of aryl methyl sites for hydroxylation is 1. The maximum absolute atomic E-state index is 12.7. The van der Waals surface area contributed by atoms with Crippen molar-refractivity contribution in [3.05, 3.63) is 75.5 Å². The molecule has 1 aromatic carbocycles. The number of carbonyl (C=O) groups is 1. The summed E-state index contributed by atoms with van der Waals surface area (Å²) in [5.74, 6) is 0.749. The van der Waals surface area contributed by atoms with E-state index in [1.54, 1.807) is 24.4 Å². The molecule has 31 heavy (non-hydrogen) atoms. The molecule has 0 bridgehead atoms. The fourth-order valence-corrected chi connectivity index (χ4v) is 3.30. The van der Waals surface area contributed by atoms with Crippen molar-refractivity contribution in [2.24, 2.45) is 0 Å². The van der Waals surface area contributed by atoms with Crippen molar-refractivity contribution in [1.29, 1.82) is 0 Å². The van der Waals surface area contributed by atoms with Gasteiger partial charge >= 0.3 is 0 Å². The molecule has 0 aliphatic carbocycles. The van der Waals surface area contributed by atoms with E-state index in [-0.39, 0.29) is 11.5 Å². The van der Waals surface area contributed by atoms with Crippen molar-refractivity contribution in [2.75, 3.05) is 6.61 Å². The van der Waals surface area contributed by atoms with Crippen LogP contribution < -0.4 is 15.6 Å². The first-order valence-corrected chi connectivity index (χ1v) is 10.6. The highest BCUT2D eigenvalue weighted by Crippen LogP contribution is 2.29. The summed E-state index contributed by atoms with van der Waals surface area (Å²) in [6.45, 7) is 6.78. The molecular weight excluding hydrogens is 392 g/mol. The molecule has 162 valence electrons. The summed E-state index contributed by atoms with van der Waals surface area (Å²) >= 11 is 0. The number of pyridine rings is 1. The summed E-state index contributed by atoms with van der Waals surface area (Å²) in [5.41, 5.74) is 3.10. The molecule has 0 fully saturated rings. The minimum atomic E-state index is -0.239. The van der Waals surface area contributed by atoms with Crippen molar-refractivity contribution >= 4 is 5.91 Å². The molecular formula is C24H28N4O3. The highest BCUT2D eigenvalue weighted by atomic mass is 16.5. The third-order valence-corrected chi connectivity index (χ3v) is 4.90. The van der Waals surface area contributed by atoms with Crippen LogP contribution in [0.2, 0.25) is 0 Å². The first-order chi connectivity index (χ1) is 15.1. The number of hydrogen-bond donors (Lipinski definition) is 2. The van der Waals surface area contributed by atoms with Crippen LogP contribution in [0.5, 0.6) is 5.75 Å². The van der Waals surface area contributed by atoms with Crippen molar-refractivity contribution in [1.82, 2.24) is 20.3 Å². The lowest BCUT2D eigenvalue weighted by atomic mass is 10.1. The van der Waals surface area contributed by atoms with E-state index in [2.05, 4.69) is 20.3 Å². The molecule has 0 aliphatic heterocycles. The van der Waals surface area contributed by atoms with Gasteiger partial charge < -0.3 is 15.0 Å². The van der Waals surface area contributed by atoms with E-state index >= 15 is 0 Å². The maximum Gasteiger partial charge on any atom is 0.254 e. The van der Waals surface area contributed by atoms with Crippen molar-refractivity contribution < 1.29 is 9.53 Å². The molecule has 3 aromatic rings. The Morgan fingerprint density at radius 3 is 2.65 bits per heavy atom. The zero-order chi connectivity index (χ0) is 22.2. The number of hydrogen-bond acceptors (Lipinski definition) is 5. The second-order valence-electron chi connectivity index (χ2n) is 7.11. The molecule has 0 saturated carbocycles. The Labute approximate surface area is 181 Å². The predicted molar refractivity (Wildman–Crippen MR) is 120 cm³/mol. The molecule has 2 aromatic heterocycles. The Morgan fingerprint density at radius 1 is 1.13 bits per heavy atom. The molecule has 2 N–H and O–H groups in total. The molecule has 1 amide bonds. The zero-order valence-corrected chi connectivity index (χ0v) is 18.2. The van der Waals surface area contributed by atoms with E-state index < -0.39 is 0 Å². The number of nitrogens with zero attached hydrogens (tertiary/aromatic N) is 2. The lowest BCUT2D eigenvalue weighted by Crippen LogP contribution is -2.23. The summed E-state index contributed by atoms with van der Waals surface area (Å²) < 4.78 is 5.87. The minimum absolute atomic E-state index is 0.157. The Kier molecular flexibility index (Phi) is 7.54. The smallest absolute Gasteiger partial charge is 0.254 e. The fourth-order valence-electron chi connectivity index (χ4n) is 3.30. The molecule has 7 nitrogen and oxygen atoms in total. The number of nitrogens with one attached hydrogen (secondary N) is 2. The average Bonchev–Trinajstić information content (AvgIpc) is 2.81. The van der Waals surface area contributed by atoms with Crippen LogP contribution in [-0.2, 0) is 19.4 Å². The molecule has 0 saturated heterocycles. The van der Waals surface area contributed by atoms with Crippen LogP contribution in [0.1, 0.15) is 54.5 Å². The average molecular weight is 421 g/mol. The van der Waals surface area contributed by atoms with Crippen LogP contribution in [0.15, 0.2) is 47.4 Å². The van der Waals surface area contributed by atoms with Crippen molar-refractivity contribution in [3.63, 3.8) is 0 Å². The van der Waals surface area contributed by atoms with Gasteiger partial charge in [0, 0.05) is 17.3 Å². The predicted octanol–water partition coefficient (Wildman–Crippen LogP) is 3.68. The van der Waals surface area contributed by atoms with E-state index in [1.165, 1.54) is 0 Å². The summed E-state index contributed by atoms with van der Waals surface area (Å²) in [7, 11) is 0. The van der Waals surface area contributed by atoms with Crippen molar-refractivity contribution in [2.45, 2.75) is 46.6 Å². The summed E-state index contributed by atoms with van der Waals surface area (Å²) in [5, 5.41) is 2.87. The van der Waals surface area contributed by atoms with Gasteiger partial charge in [0.1, 0.15) is 11.6 Å². The van der Waals surface area contributed by atoms with Gasteiger partial charge in [0.2, 0.25) is 0 Å². The van der Waals surface area contributed by atoms with Gasteiger partial charge in [-0.3, -0.25) is 14.6 Å². The molecule has 0 radical (unpaired) electrons. The first-order valence-electron chi connectivity index (χ1n) is 10.6. The Bertz CT molecular complexity index is 1090. The fraction of sp³-hybridized carbons (Fsp3) is 0.333. The van der Waals surface area contributed by atoms with Gasteiger partial charge in [0.25, 0.3) is 11.5 Å². The second kappa shape index (κ2) is 10.5. The molecule has 0 spiro atoms. The van der Waals surface area contributed by atoms with Crippen LogP contribution >= 0.6 is 0 Å². The van der Waals surface area contributed by atoms with Gasteiger partial charge in [-0.25, -0.2) is 4.98 Å². The van der Waals surface area contributed by atoms with Crippen LogP contribution in [0.25, 0.3) is 11.4 Å². The van der Waals surface area contributed by atoms with E-state index in [4.69, 9.17) is 4.74 Å². The topological polar surface area (TPSA) is 97.0 Å². The molecule has 3 rings (SSSR count). The summed E-state index contributed by atoms with van der Waals surface area (Å²) in [4.78, 5) is 37.1. The van der Waals surface area contributed by atoms with Gasteiger partial charge in [0.05, 0.1) is 30.1 Å². The van der Waals surface area contributed by atoms with Crippen LogP contribution in [-0.4, -0.2) is 27.5 Å². The zero-order valence-electron chi connectivity index (χ0n) is 18.2. The number of amides is 1. The van der Waals surface area contributed by atoms with Crippen molar-refractivity contribution in [3.8, 4) is 17.1 Å². The minimum Gasteiger partial charge on any atom is -0.493 e. The molecule has 0 unspecified atom stereocenters.